The third-order valence-electron chi connectivity index (χ3n) is 4.87. The number of halogens is 1. The van der Waals surface area contributed by atoms with Gasteiger partial charge in [-0.1, -0.05) is 61.3 Å². The lowest BCUT2D eigenvalue weighted by Crippen LogP contribution is -2.37. The Morgan fingerprint density at radius 1 is 1.15 bits per heavy atom. The Labute approximate surface area is 206 Å². The molecule has 9 heteroatoms. The van der Waals surface area contributed by atoms with Crippen molar-refractivity contribution in [2.45, 2.75) is 27.2 Å². The molecule has 34 heavy (non-hydrogen) atoms. The highest BCUT2D eigenvalue weighted by Gasteiger charge is 2.21. The summed E-state index contributed by atoms with van der Waals surface area (Å²) in [7, 11) is 0. The van der Waals surface area contributed by atoms with Crippen LogP contribution < -0.4 is 15.1 Å². The van der Waals surface area contributed by atoms with Crippen molar-refractivity contribution in [1.82, 2.24) is 15.0 Å². The molecule has 0 bridgehead atoms. The summed E-state index contributed by atoms with van der Waals surface area (Å²) in [6, 6.07) is 14.1. The zero-order chi connectivity index (χ0) is 24.2. The second-order valence-electron chi connectivity index (χ2n) is 7.30. The number of anilines is 2. The maximum Gasteiger partial charge on any atom is 0.320 e. The van der Waals surface area contributed by atoms with Crippen LogP contribution >= 0.6 is 11.6 Å². The fraction of sp³-hybridized carbons (Fsp3) is 0.360. The summed E-state index contributed by atoms with van der Waals surface area (Å²) in [5, 5.41) is 4.70. The van der Waals surface area contributed by atoms with E-state index in [4.69, 9.17) is 21.1 Å². The maximum atomic E-state index is 6.64. The van der Waals surface area contributed by atoms with Gasteiger partial charge in [0.1, 0.15) is 5.02 Å². The fourth-order valence-electron chi connectivity index (χ4n) is 3.25. The molecule has 1 fully saturated rings. The van der Waals surface area contributed by atoms with Gasteiger partial charge in [-0.2, -0.15) is 15.1 Å². The number of nitrogens with one attached hydrogen (secondary N) is 1. The van der Waals surface area contributed by atoms with Crippen molar-refractivity contribution in [1.29, 1.82) is 0 Å². The molecule has 3 heterocycles. The van der Waals surface area contributed by atoms with E-state index in [1.807, 2.05) is 63.2 Å². The Morgan fingerprint density at radius 3 is 2.71 bits per heavy atom. The molecule has 1 aliphatic heterocycles. The number of pyridine rings is 1. The normalized spacial score (nSPS) is 13.4. The van der Waals surface area contributed by atoms with Crippen LogP contribution in [0.15, 0.2) is 53.8 Å². The zero-order valence-corrected chi connectivity index (χ0v) is 20.6. The molecule has 1 aromatic carbocycles. The van der Waals surface area contributed by atoms with Crippen molar-refractivity contribution in [3.63, 3.8) is 0 Å². The van der Waals surface area contributed by atoms with E-state index in [-0.39, 0.29) is 6.01 Å². The number of nitrogens with zero attached hydrogens (tertiary/aromatic N) is 5. The van der Waals surface area contributed by atoms with Gasteiger partial charge in [-0.15, -0.1) is 0 Å². The van der Waals surface area contributed by atoms with Crippen LogP contribution in [0.3, 0.4) is 0 Å². The minimum atomic E-state index is 0.236. The highest BCUT2D eigenvalue weighted by Crippen LogP contribution is 2.32. The summed E-state index contributed by atoms with van der Waals surface area (Å²) in [6.07, 6.45) is 4.13. The van der Waals surface area contributed by atoms with Gasteiger partial charge >= 0.3 is 6.01 Å². The number of morpholine rings is 1. The van der Waals surface area contributed by atoms with E-state index in [1.54, 1.807) is 12.4 Å². The predicted molar refractivity (Wildman–Crippen MR) is 137 cm³/mol. The van der Waals surface area contributed by atoms with Crippen molar-refractivity contribution < 1.29 is 9.47 Å². The Bertz CT molecular complexity index is 1060. The summed E-state index contributed by atoms with van der Waals surface area (Å²) in [5.41, 5.74) is 6.02. The first-order chi connectivity index (χ1) is 16.7. The molecule has 0 atom stereocenters. The molecule has 1 aliphatic rings. The second-order valence-corrected chi connectivity index (χ2v) is 7.67. The minimum Gasteiger partial charge on any atom is -0.463 e. The van der Waals surface area contributed by atoms with Crippen LogP contribution in [0.2, 0.25) is 5.02 Å². The van der Waals surface area contributed by atoms with Crippen LogP contribution in [0.5, 0.6) is 6.01 Å². The molecule has 3 aromatic rings. The van der Waals surface area contributed by atoms with Crippen LogP contribution in [-0.2, 0) is 11.2 Å². The first-order valence-corrected chi connectivity index (χ1v) is 11.9. The molecule has 0 aliphatic carbocycles. The molecule has 2 aromatic heterocycles. The van der Waals surface area contributed by atoms with Crippen molar-refractivity contribution in [3.8, 4) is 6.01 Å². The van der Waals surface area contributed by atoms with Crippen molar-refractivity contribution >= 4 is 29.5 Å². The van der Waals surface area contributed by atoms with E-state index in [0.29, 0.717) is 56.0 Å². The summed E-state index contributed by atoms with van der Waals surface area (Å²) in [6.45, 7) is 9.05. The van der Waals surface area contributed by atoms with Gasteiger partial charge in [-0.05, 0) is 24.6 Å². The fourth-order valence-corrected chi connectivity index (χ4v) is 3.50. The van der Waals surface area contributed by atoms with Gasteiger partial charge in [0.15, 0.2) is 11.6 Å². The van der Waals surface area contributed by atoms with Crippen molar-refractivity contribution in [2.75, 3.05) is 43.2 Å². The monoisotopic (exact) mass is 482 g/mol. The van der Waals surface area contributed by atoms with Gasteiger partial charge < -0.3 is 14.4 Å². The summed E-state index contributed by atoms with van der Waals surface area (Å²) in [5.74, 6) is 0.992. The van der Waals surface area contributed by atoms with E-state index in [9.17, 15) is 0 Å². The standard InChI is InChI=1S/C23H25ClN6O2.C2H6/c1-17-5-4-6-18(15-17)16-26-29-21-20(24)22(30-10-13-31-14-11-30)28-23(27-21)32-12-8-19-7-2-3-9-25-19;1-2/h2-7,9,15-16H,8,10-14H2,1H3,(H,27,28,29);1-2H3/b26-16+;. The number of rotatable bonds is 8. The van der Waals surface area contributed by atoms with Crippen LogP contribution in [-0.4, -0.2) is 54.1 Å². The molecule has 8 nitrogen and oxygen atoms in total. The van der Waals surface area contributed by atoms with E-state index in [1.165, 1.54) is 0 Å². The number of ether oxygens (including phenoxy) is 2. The molecule has 0 saturated carbocycles. The molecule has 1 N–H and O–H groups in total. The van der Waals surface area contributed by atoms with E-state index in [0.717, 1.165) is 16.8 Å². The topological polar surface area (TPSA) is 84.8 Å². The number of hydrazone groups is 1. The molecule has 4 rings (SSSR count). The minimum absolute atomic E-state index is 0.236. The average molecular weight is 483 g/mol. The van der Waals surface area contributed by atoms with Gasteiger partial charge in [0.05, 0.1) is 26.0 Å². The smallest absolute Gasteiger partial charge is 0.320 e. The summed E-state index contributed by atoms with van der Waals surface area (Å²) >= 11 is 6.64. The summed E-state index contributed by atoms with van der Waals surface area (Å²) in [4.78, 5) is 15.4. The number of aromatic nitrogens is 3. The molecule has 180 valence electrons. The van der Waals surface area contributed by atoms with E-state index >= 15 is 0 Å². The largest absolute Gasteiger partial charge is 0.463 e. The number of aryl methyl sites for hydroxylation is 1. The second kappa shape index (κ2) is 13.5. The van der Waals surface area contributed by atoms with Crippen LogP contribution in [0.4, 0.5) is 11.6 Å². The van der Waals surface area contributed by atoms with Gasteiger partial charge in [0.25, 0.3) is 0 Å². The highest BCUT2D eigenvalue weighted by molar-refractivity contribution is 6.35. The van der Waals surface area contributed by atoms with Gasteiger partial charge in [-0.3, -0.25) is 10.4 Å². The number of hydrogen-bond acceptors (Lipinski definition) is 8. The lowest BCUT2D eigenvalue weighted by Gasteiger charge is -2.28. The molecule has 1 saturated heterocycles. The lowest BCUT2D eigenvalue weighted by atomic mass is 10.2. The van der Waals surface area contributed by atoms with Crippen molar-refractivity contribution in [2.24, 2.45) is 5.10 Å². The number of hydrogen-bond donors (Lipinski definition) is 1. The van der Waals surface area contributed by atoms with Gasteiger partial charge in [0.2, 0.25) is 0 Å². The van der Waals surface area contributed by atoms with Crippen molar-refractivity contribution in [3.05, 3.63) is 70.5 Å². The Balaban J connectivity index is 0.00000158. The third kappa shape index (κ3) is 7.40. The zero-order valence-electron chi connectivity index (χ0n) is 19.9. The molecule has 0 radical (unpaired) electrons. The quantitative estimate of drug-likeness (QED) is 0.366. The number of benzene rings is 1. The molecule has 0 spiro atoms. The molecular formula is C25H31ClN6O2. The lowest BCUT2D eigenvalue weighted by molar-refractivity contribution is 0.122. The Morgan fingerprint density at radius 2 is 1.97 bits per heavy atom. The SMILES string of the molecule is CC.Cc1cccc(/C=N/Nc2nc(OCCc3ccccn3)nc(N3CCOCC3)c2Cl)c1. The highest BCUT2D eigenvalue weighted by atomic mass is 35.5. The summed E-state index contributed by atoms with van der Waals surface area (Å²) < 4.78 is 11.3. The Kier molecular flexibility index (Phi) is 10.1. The van der Waals surface area contributed by atoms with Crippen LogP contribution in [0.25, 0.3) is 0 Å². The van der Waals surface area contributed by atoms with Crippen LogP contribution in [0, 0.1) is 6.92 Å². The molecule has 0 amide bonds. The van der Waals surface area contributed by atoms with E-state index in [2.05, 4.69) is 30.4 Å². The van der Waals surface area contributed by atoms with Gasteiger partial charge in [0, 0.05) is 31.4 Å². The average Bonchev–Trinajstić information content (AvgIpc) is 2.88. The first-order valence-electron chi connectivity index (χ1n) is 11.5. The predicted octanol–water partition coefficient (Wildman–Crippen LogP) is 4.76. The third-order valence-corrected chi connectivity index (χ3v) is 5.21. The van der Waals surface area contributed by atoms with Gasteiger partial charge in [-0.25, -0.2) is 0 Å². The first kappa shape index (κ1) is 25.4. The van der Waals surface area contributed by atoms with E-state index < -0.39 is 0 Å². The maximum absolute atomic E-state index is 6.64. The van der Waals surface area contributed by atoms with Crippen LogP contribution in [0.1, 0.15) is 30.7 Å². The molecule has 0 unspecified atom stereocenters. The molecular weight excluding hydrogens is 452 g/mol. The Hall–Kier alpha value is -3.23.